The molecule has 0 amide bonds. The largest absolute Gasteiger partial charge is 0.422 e. The minimum atomic E-state index is -1.55. The Labute approximate surface area is 91.7 Å². The highest BCUT2D eigenvalue weighted by atomic mass is 35.5. The van der Waals surface area contributed by atoms with Crippen LogP contribution in [0.1, 0.15) is 20.8 Å². The second-order valence-corrected chi connectivity index (χ2v) is 4.35. The molecule has 1 fully saturated rings. The molecule has 0 saturated carbocycles. The van der Waals surface area contributed by atoms with Gasteiger partial charge in [0.2, 0.25) is 5.92 Å². The van der Waals surface area contributed by atoms with Crippen molar-refractivity contribution in [1.82, 2.24) is 0 Å². The van der Waals surface area contributed by atoms with Gasteiger partial charge in [-0.2, -0.15) is 0 Å². The Morgan fingerprint density at radius 3 is 2.07 bits per heavy atom. The van der Waals surface area contributed by atoms with Crippen LogP contribution < -0.4 is 0 Å². The maximum atomic E-state index is 11.4. The molecule has 84 valence electrons. The van der Waals surface area contributed by atoms with Crippen LogP contribution >= 0.6 is 11.6 Å². The minimum Gasteiger partial charge on any atom is -0.422 e. The van der Waals surface area contributed by atoms with Crippen molar-refractivity contribution in [3.8, 4) is 0 Å². The molecule has 5 nitrogen and oxygen atoms in total. The van der Waals surface area contributed by atoms with Crippen LogP contribution in [0.2, 0.25) is 0 Å². The lowest BCUT2D eigenvalue weighted by molar-refractivity contribution is -0.238. The molecule has 0 aromatic carbocycles. The fraction of sp³-hybridized carbons (Fsp3) is 0.667. The van der Waals surface area contributed by atoms with Gasteiger partial charge in [-0.05, 0) is 6.92 Å². The van der Waals surface area contributed by atoms with E-state index in [4.69, 9.17) is 21.1 Å². The summed E-state index contributed by atoms with van der Waals surface area (Å²) in [5.74, 6) is -5.39. The maximum Gasteiger partial charge on any atom is 0.331 e. The first-order valence-electron chi connectivity index (χ1n) is 4.38. The normalized spacial score (nSPS) is 22.9. The van der Waals surface area contributed by atoms with Crippen LogP contribution in [0, 0.1) is 5.92 Å². The van der Waals surface area contributed by atoms with Gasteiger partial charge < -0.3 is 9.47 Å². The molecule has 0 bridgehead atoms. The van der Waals surface area contributed by atoms with Crippen molar-refractivity contribution in [1.29, 1.82) is 0 Å². The van der Waals surface area contributed by atoms with Crippen molar-refractivity contribution in [2.24, 2.45) is 5.92 Å². The Morgan fingerprint density at radius 1 is 1.33 bits per heavy atom. The number of rotatable bonds is 2. The molecule has 1 atom stereocenters. The van der Waals surface area contributed by atoms with E-state index in [0.717, 1.165) is 0 Å². The molecule has 0 N–H and O–H groups in total. The van der Waals surface area contributed by atoms with Gasteiger partial charge in [-0.1, -0.05) is 0 Å². The summed E-state index contributed by atoms with van der Waals surface area (Å²) in [6, 6.07) is 0. The van der Waals surface area contributed by atoms with Crippen molar-refractivity contribution < 1.29 is 23.9 Å². The second-order valence-electron chi connectivity index (χ2n) is 3.69. The van der Waals surface area contributed by atoms with E-state index in [1.165, 1.54) is 20.8 Å². The first-order chi connectivity index (χ1) is 6.74. The van der Waals surface area contributed by atoms with E-state index in [1.807, 2.05) is 0 Å². The Bertz CT molecular complexity index is 300. The van der Waals surface area contributed by atoms with Crippen LogP contribution in [0.4, 0.5) is 0 Å². The first kappa shape index (κ1) is 12.0. The zero-order valence-corrected chi connectivity index (χ0v) is 9.33. The van der Waals surface area contributed by atoms with Crippen molar-refractivity contribution in [2.45, 2.75) is 31.9 Å². The minimum absolute atomic E-state index is 0.706. The number of ether oxygens (including phenoxy) is 2. The van der Waals surface area contributed by atoms with Crippen molar-refractivity contribution in [3.63, 3.8) is 0 Å². The molecular weight excluding hydrogens is 224 g/mol. The Morgan fingerprint density at radius 2 is 1.73 bits per heavy atom. The van der Waals surface area contributed by atoms with Crippen LogP contribution in [-0.4, -0.2) is 28.9 Å². The molecule has 0 radical (unpaired) electrons. The SMILES string of the molecule is CC(Cl)C(=O)C1C(=O)OC(C)(C)OC1=O. The van der Waals surface area contributed by atoms with Crippen LogP contribution in [0.15, 0.2) is 0 Å². The number of ketones is 1. The zero-order chi connectivity index (χ0) is 11.8. The van der Waals surface area contributed by atoms with Gasteiger partial charge in [0.15, 0.2) is 5.78 Å². The summed E-state index contributed by atoms with van der Waals surface area (Å²) >= 11 is 5.50. The van der Waals surface area contributed by atoms with Gasteiger partial charge in [-0.15, -0.1) is 11.6 Å². The number of Topliss-reactive ketones (excluding diaryl/α,β-unsaturated/α-hetero) is 1. The third-order valence-electron chi connectivity index (χ3n) is 1.84. The Balaban J connectivity index is 2.89. The van der Waals surface area contributed by atoms with E-state index in [9.17, 15) is 14.4 Å². The van der Waals surface area contributed by atoms with E-state index in [2.05, 4.69) is 0 Å². The molecule has 6 heteroatoms. The highest BCUT2D eigenvalue weighted by Crippen LogP contribution is 2.24. The number of carbonyl (C=O) groups is 3. The highest BCUT2D eigenvalue weighted by Gasteiger charge is 2.47. The fourth-order valence-electron chi connectivity index (χ4n) is 1.18. The first-order valence-corrected chi connectivity index (χ1v) is 4.82. The summed E-state index contributed by atoms with van der Waals surface area (Å²) in [6.07, 6.45) is 0. The molecule has 0 spiro atoms. The summed E-state index contributed by atoms with van der Waals surface area (Å²) in [5.41, 5.74) is 0. The van der Waals surface area contributed by atoms with Crippen molar-refractivity contribution in [3.05, 3.63) is 0 Å². The lowest BCUT2D eigenvalue weighted by Crippen LogP contribution is -2.50. The van der Waals surface area contributed by atoms with Crippen LogP contribution in [-0.2, 0) is 23.9 Å². The fourth-order valence-corrected chi connectivity index (χ4v) is 1.31. The number of esters is 2. The van der Waals surface area contributed by atoms with E-state index in [-0.39, 0.29) is 0 Å². The molecule has 0 aromatic rings. The number of carbonyl (C=O) groups excluding carboxylic acids is 3. The predicted octanol–water partition coefficient (Wildman–Crippen LogP) is 0.635. The van der Waals surface area contributed by atoms with Gasteiger partial charge >= 0.3 is 11.9 Å². The highest BCUT2D eigenvalue weighted by molar-refractivity contribution is 6.35. The van der Waals surface area contributed by atoms with E-state index < -0.39 is 34.8 Å². The standard InChI is InChI=1S/C9H11ClO5/c1-4(10)6(11)5-7(12)14-9(2,3)15-8(5)13/h4-5H,1-3H3. The second kappa shape index (κ2) is 3.81. The maximum absolute atomic E-state index is 11.4. The van der Waals surface area contributed by atoms with Crippen molar-refractivity contribution in [2.75, 3.05) is 0 Å². The van der Waals surface area contributed by atoms with Crippen LogP contribution in [0.5, 0.6) is 0 Å². The zero-order valence-electron chi connectivity index (χ0n) is 8.57. The third-order valence-corrected chi connectivity index (χ3v) is 2.06. The average Bonchev–Trinajstić information content (AvgIpc) is 1.99. The van der Waals surface area contributed by atoms with E-state index in [0.29, 0.717) is 0 Å². The van der Waals surface area contributed by atoms with Gasteiger partial charge in [-0.25, -0.2) is 0 Å². The Hall–Kier alpha value is -1.10. The summed E-state index contributed by atoms with van der Waals surface area (Å²) < 4.78 is 9.53. The lowest BCUT2D eigenvalue weighted by atomic mass is 10.0. The molecule has 15 heavy (non-hydrogen) atoms. The van der Waals surface area contributed by atoms with Gasteiger partial charge in [0, 0.05) is 13.8 Å². The molecule has 1 heterocycles. The molecular formula is C9H11ClO5. The number of hydrogen-bond acceptors (Lipinski definition) is 5. The van der Waals surface area contributed by atoms with Gasteiger partial charge in [-0.3, -0.25) is 14.4 Å². The monoisotopic (exact) mass is 234 g/mol. The summed E-state index contributed by atoms with van der Waals surface area (Å²) in [4.78, 5) is 34.1. The molecule has 1 unspecified atom stereocenters. The number of hydrogen-bond donors (Lipinski definition) is 0. The predicted molar refractivity (Wildman–Crippen MR) is 50.1 cm³/mol. The smallest absolute Gasteiger partial charge is 0.331 e. The Kier molecular flexibility index (Phi) is 3.04. The third kappa shape index (κ3) is 2.47. The van der Waals surface area contributed by atoms with Gasteiger partial charge in [0.25, 0.3) is 5.79 Å². The lowest BCUT2D eigenvalue weighted by Gasteiger charge is -2.32. The number of halogens is 1. The number of cyclic esters (lactones) is 2. The topological polar surface area (TPSA) is 69.7 Å². The molecule has 0 aromatic heterocycles. The summed E-state index contributed by atoms with van der Waals surface area (Å²) in [5, 5.41) is -0.934. The van der Waals surface area contributed by atoms with Crippen LogP contribution in [0.25, 0.3) is 0 Å². The molecule has 0 aliphatic carbocycles. The number of alkyl halides is 1. The average molecular weight is 235 g/mol. The van der Waals surface area contributed by atoms with Crippen molar-refractivity contribution >= 4 is 29.3 Å². The molecule has 1 saturated heterocycles. The van der Waals surface area contributed by atoms with Crippen LogP contribution in [0.3, 0.4) is 0 Å². The molecule has 1 aliphatic rings. The summed E-state index contributed by atoms with van der Waals surface area (Å²) in [6.45, 7) is 4.20. The van der Waals surface area contributed by atoms with E-state index in [1.54, 1.807) is 0 Å². The van der Waals surface area contributed by atoms with E-state index >= 15 is 0 Å². The van der Waals surface area contributed by atoms with Gasteiger partial charge in [0.05, 0.1) is 5.38 Å². The molecule has 1 rings (SSSR count). The molecule has 1 aliphatic heterocycles. The van der Waals surface area contributed by atoms with Gasteiger partial charge in [0.1, 0.15) is 0 Å². The summed E-state index contributed by atoms with van der Waals surface area (Å²) in [7, 11) is 0. The quantitative estimate of drug-likeness (QED) is 0.398.